The first-order chi connectivity index (χ1) is 11.3. The molecule has 1 unspecified atom stereocenters. The molecule has 0 spiro atoms. The lowest BCUT2D eigenvalue weighted by atomic mass is 10.1. The van der Waals surface area contributed by atoms with Crippen molar-refractivity contribution in [2.24, 2.45) is 5.14 Å². The largest absolute Gasteiger partial charge is 0.496 e. The van der Waals surface area contributed by atoms with Crippen molar-refractivity contribution in [3.8, 4) is 5.75 Å². The van der Waals surface area contributed by atoms with Crippen molar-refractivity contribution in [1.29, 1.82) is 0 Å². The molecule has 0 fully saturated rings. The maximum absolute atomic E-state index is 11.4. The van der Waals surface area contributed by atoms with Crippen molar-refractivity contribution in [2.45, 2.75) is 24.8 Å². The number of benzene rings is 1. The van der Waals surface area contributed by atoms with Gasteiger partial charge in [0, 0.05) is 12.1 Å². The smallest absolute Gasteiger partial charge is 0.261 e. The van der Waals surface area contributed by atoms with Gasteiger partial charge >= 0.3 is 0 Å². The molecule has 4 N–H and O–H groups in total. The number of aliphatic hydroxyl groups excluding tert-OH is 1. The number of hydrogen-bond donors (Lipinski definition) is 3. The summed E-state index contributed by atoms with van der Waals surface area (Å²) in [5.41, 5.74) is 0.422. The molecule has 1 aromatic rings. The van der Waals surface area contributed by atoms with Crippen LogP contribution in [0.4, 0.5) is 0 Å². The van der Waals surface area contributed by atoms with E-state index in [2.05, 4.69) is 0 Å². The number of ether oxygens (including phenoxy) is 1. The lowest BCUT2D eigenvalue weighted by molar-refractivity contribution is 0.116. The van der Waals surface area contributed by atoms with Crippen LogP contribution in [-0.4, -0.2) is 64.4 Å². The topological polar surface area (TPSA) is 147 Å². The molecule has 1 aromatic carbocycles. The highest BCUT2D eigenvalue weighted by atomic mass is 32.2. The number of primary sulfonamides is 1. The number of nitrogens with two attached hydrogens (primary N) is 1. The molecule has 0 saturated carbocycles. The van der Waals surface area contributed by atoms with E-state index < -0.39 is 26.2 Å². The van der Waals surface area contributed by atoms with Crippen LogP contribution in [0.3, 0.4) is 0 Å². The summed E-state index contributed by atoms with van der Waals surface area (Å²) < 4.78 is 53.8. The average Bonchev–Trinajstić information content (AvgIpc) is 2.49. The van der Waals surface area contributed by atoms with Gasteiger partial charge in [-0.3, -0.25) is 4.55 Å². The number of sulfonamides is 1. The van der Waals surface area contributed by atoms with Crippen LogP contribution < -0.4 is 9.88 Å². The monoisotopic (exact) mass is 398 g/mol. The molecule has 25 heavy (non-hydrogen) atoms. The second-order valence-electron chi connectivity index (χ2n) is 5.18. The third kappa shape index (κ3) is 9.72. The van der Waals surface area contributed by atoms with Crippen molar-refractivity contribution >= 4 is 20.1 Å². The van der Waals surface area contributed by atoms with Gasteiger partial charge in [-0.1, -0.05) is 13.8 Å². The van der Waals surface area contributed by atoms with Gasteiger partial charge in [-0.05, 0) is 31.3 Å². The molecule has 0 heterocycles. The minimum absolute atomic E-state index is 0.0353. The SMILES string of the molecule is CCN(CC)CC(O)c1cc(S(N)(=O)=O)ccc1OC.CS(=O)(=O)O. The van der Waals surface area contributed by atoms with Crippen LogP contribution in [0.15, 0.2) is 23.1 Å². The van der Waals surface area contributed by atoms with E-state index in [1.807, 2.05) is 18.7 Å². The predicted octanol–water partition coefficient (Wildman–Crippen LogP) is 0.222. The van der Waals surface area contributed by atoms with Crippen molar-refractivity contribution in [3.63, 3.8) is 0 Å². The summed E-state index contributed by atoms with van der Waals surface area (Å²) in [6.07, 6.45) is -0.126. The summed E-state index contributed by atoms with van der Waals surface area (Å²) >= 11 is 0. The molecule has 1 atom stereocenters. The molecule has 0 amide bonds. The maximum atomic E-state index is 11.4. The first-order valence-corrected chi connectivity index (χ1v) is 10.8. The average molecular weight is 399 g/mol. The van der Waals surface area contributed by atoms with Crippen molar-refractivity contribution in [2.75, 3.05) is 33.0 Å². The number of methoxy groups -OCH3 is 1. The second kappa shape index (κ2) is 10.0. The molecular weight excluding hydrogens is 372 g/mol. The highest BCUT2D eigenvalue weighted by Gasteiger charge is 2.19. The number of hydrogen-bond acceptors (Lipinski definition) is 7. The molecule has 0 saturated heterocycles. The van der Waals surface area contributed by atoms with Gasteiger partial charge in [0.25, 0.3) is 10.1 Å². The predicted molar refractivity (Wildman–Crippen MR) is 94.6 cm³/mol. The highest BCUT2D eigenvalue weighted by Crippen LogP contribution is 2.28. The zero-order valence-corrected chi connectivity index (χ0v) is 16.3. The van der Waals surface area contributed by atoms with Crippen molar-refractivity contribution in [1.82, 2.24) is 4.90 Å². The van der Waals surface area contributed by atoms with Gasteiger partial charge in [0.2, 0.25) is 10.0 Å². The third-order valence-corrected chi connectivity index (χ3v) is 4.13. The van der Waals surface area contributed by atoms with Crippen LogP contribution in [-0.2, 0) is 20.1 Å². The molecule has 0 bridgehead atoms. The first kappa shape index (κ1) is 23.8. The quantitative estimate of drug-likeness (QED) is 0.553. The molecule has 0 aliphatic heterocycles. The fourth-order valence-corrected chi connectivity index (χ4v) is 2.52. The van der Waals surface area contributed by atoms with Gasteiger partial charge in [0.15, 0.2) is 0 Å². The zero-order chi connectivity index (χ0) is 19.8. The molecular formula is C14H26N2O7S2. The minimum Gasteiger partial charge on any atom is -0.496 e. The summed E-state index contributed by atoms with van der Waals surface area (Å²) in [5.74, 6) is 0.442. The molecule has 11 heteroatoms. The molecule has 1 rings (SSSR count). The number of nitrogens with zero attached hydrogens (tertiary/aromatic N) is 1. The normalized spacial score (nSPS) is 13.1. The van der Waals surface area contributed by atoms with Crippen LogP contribution in [0.2, 0.25) is 0 Å². The highest BCUT2D eigenvalue weighted by molar-refractivity contribution is 7.89. The molecule has 0 aliphatic carbocycles. The molecule has 0 aromatic heterocycles. The maximum Gasteiger partial charge on any atom is 0.261 e. The van der Waals surface area contributed by atoms with Crippen LogP contribution in [0.1, 0.15) is 25.5 Å². The van der Waals surface area contributed by atoms with E-state index in [-0.39, 0.29) is 4.90 Å². The summed E-state index contributed by atoms with van der Waals surface area (Å²) in [4.78, 5) is 2.00. The number of aliphatic hydroxyl groups is 1. The van der Waals surface area contributed by atoms with E-state index in [0.29, 0.717) is 24.1 Å². The van der Waals surface area contributed by atoms with Gasteiger partial charge < -0.3 is 14.7 Å². The van der Waals surface area contributed by atoms with E-state index >= 15 is 0 Å². The van der Waals surface area contributed by atoms with E-state index in [4.69, 9.17) is 14.4 Å². The van der Waals surface area contributed by atoms with Crippen molar-refractivity contribution in [3.05, 3.63) is 23.8 Å². The van der Waals surface area contributed by atoms with Gasteiger partial charge in [-0.2, -0.15) is 8.42 Å². The number of likely N-dealkylation sites (N-methyl/N-ethyl adjacent to an activating group) is 1. The van der Waals surface area contributed by atoms with Gasteiger partial charge in [0.05, 0.1) is 24.4 Å². The summed E-state index contributed by atoms with van der Waals surface area (Å²) in [6, 6.07) is 4.23. The Morgan fingerprint density at radius 2 is 1.68 bits per heavy atom. The lowest BCUT2D eigenvalue weighted by Crippen LogP contribution is -2.28. The lowest BCUT2D eigenvalue weighted by Gasteiger charge is -2.23. The Bertz CT molecular complexity index is 736. The Kier molecular flexibility index (Phi) is 9.54. The van der Waals surface area contributed by atoms with Crippen LogP contribution in [0, 0.1) is 0 Å². The summed E-state index contributed by atoms with van der Waals surface area (Å²) in [5, 5.41) is 15.4. The fraction of sp³-hybridized carbons (Fsp3) is 0.571. The Hall–Kier alpha value is -1.24. The Morgan fingerprint density at radius 1 is 1.20 bits per heavy atom. The van der Waals surface area contributed by atoms with E-state index in [1.165, 1.54) is 25.3 Å². The van der Waals surface area contributed by atoms with E-state index in [9.17, 15) is 21.9 Å². The Morgan fingerprint density at radius 3 is 2.04 bits per heavy atom. The first-order valence-electron chi connectivity index (χ1n) is 7.37. The molecule has 146 valence electrons. The van der Waals surface area contributed by atoms with E-state index in [0.717, 1.165) is 13.1 Å². The van der Waals surface area contributed by atoms with Gasteiger partial charge in [-0.25, -0.2) is 13.6 Å². The van der Waals surface area contributed by atoms with Crippen LogP contribution in [0.25, 0.3) is 0 Å². The van der Waals surface area contributed by atoms with E-state index in [1.54, 1.807) is 0 Å². The third-order valence-electron chi connectivity index (χ3n) is 3.21. The van der Waals surface area contributed by atoms with Gasteiger partial charge in [-0.15, -0.1) is 0 Å². The van der Waals surface area contributed by atoms with Crippen LogP contribution >= 0.6 is 0 Å². The standard InChI is InChI=1S/C13H22N2O4S.CH4O3S/c1-4-15(5-2)9-12(16)11-8-10(20(14,17)18)6-7-13(11)19-3;1-5(2,3)4/h6-8,12,16H,4-5,9H2,1-3H3,(H2,14,17,18);1H3,(H,2,3,4). The van der Waals surface area contributed by atoms with Crippen molar-refractivity contribution < 1.29 is 31.2 Å². The molecule has 0 radical (unpaired) electrons. The fourth-order valence-electron chi connectivity index (χ4n) is 1.97. The minimum atomic E-state index is -3.80. The van der Waals surface area contributed by atoms with Gasteiger partial charge in [0.1, 0.15) is 5.75 Å². The summed E-state index contributed by atoms with van der Waals surface area (Å²) in [7, 11) is -6.00. The number of rotatable bonds is 7. The molecule has 0 aliphatic rings. The molecule has 9 nitrogen and oxygen atoms in total. The zero-order valence-electron chi connectivity index (χ0n) is 14.7. The Balaban J connectivity index is 0.00000101. The van der Waals surface area contributed by atoms with Crippen LogP contribution in [0.5, 0.6) is 5.75 Å². The second-order valence-corrected chi connectivity index (χ2v) is 8.21. The Labute approximate surface area is 149 Å². The summed E-state index contributed by atoms with van der Waals surface area (Å²) in [6.45, 7) is 5.98.